The number of hydrogen-bond acceptors (Lipinski definition) is 3. The Bertz CT molecular complexity index is 219. The largest absolute Gasteiger partial charge is 0.380 e. The Morgan fingerprint density at radius 1 is 1.33 bits per heavy atom. The van der Waals surface area contributed by atoms with E-state index >= 15 is 0 Å². The summed E-state index contributed by atoms with van der Waals surface area (Å²) in [6, 6.07) is 0.646. The Morgan fingerprint density at radius 3 is 2.56 bits per heavy atom. The highest BCUT2D eigenvalue weighted by molar-refractivity contribution is 4.77. The summed E-state index contributed by atoms with van der Waals surface area (Å²) in [6.45, 7) is 10.9. The van der Waals surface area contributed by atoms with E-state index in [2.05, 4.69) is 32.7 Å². The quantitative estimate of drug-likeness (QED) is 0.760. The standard InChI is InChI=1S/C15H32N2O/c1-15(2,3)13(7-9-16)6-5-10-17(4)14-8-11-18-12-14/h13-14H,5-12,16H2,1-4H3. The third kappa shape index (κ3) is 5.25. The van der Waals surface area contributed by atoms with E-state index in [-0.39, 0.29) is 0 Å². The van der Waals surface area contributed by atoms with Crippen LogP contribution in [0.3, 0.4) is 0 Å². The Morgan fingerprint density at radius 2 is 2.06 bits per heavy atom. The van der Waals surface area contributed by atoms with E-state index < -0.39 is 0 Å². The van der Waals surface area contributed by atoms with Crippen LogP contribution < -0.4 is 5.73 Å². The van der Waals surface area contributed by atoms with Gasteiger partial charge in [0.15, 0.2) is 0 Å². The second-order valence-corrected chi connectivity index (χ2v) is 6.78. The lowest BCUT2D eigenvalue weighted by Crippen LogP contribution is -2.33. The first-order valence-electron chi connectivity index (χ1n) is 7.43. The fourth-order valence-electron chi connectivity index (χ4n) is 2.85. The summed E-state index contributed by atoms with van der Waals surface area (Å²) < 4.78 is 5.44. The molecule has 2 unspecified atom stereocenters. The highest BCUT2D eigenvalue weighted by Gasteiger charge is 2.24. The number of ether oxygens (including phenoxy) is 1. The molecule has 0 aromatic heterocycles. The van der Waals surface area contributed by atoms with Crippen molar-refractivity contribution in [3.8, 4) is 0 Å². The van der Waals surface area contributed by atoms with Crippen LogP contribution in [0.25, 0.3) is 0 Å². The molecule has 0 aromatic carbocycles. The van der Waals surface area contributed by atoms with E-state index in [0.717, 1.165) is 32.1 Å². The summed E-state index contributed by atoms with van der Waals surface area (Å²) in [6.07, 6.45) is 4.91. The van der Waals surface area contributed by atoms with Crippen molar-refractivity contribution in [1.29, 1.82) is 0 Å². The predicted molar refractivity (Wildman–Crippen MR) is 77.7 cm³/mol. The molecule has 0 saturated carbocycles. The zero-order chi connectivity index (χ0) is 13.6. The zero-order valence-electron chi connectivity index (χ0n) is 12.7. The van der Waals surface area contributed by atoms with Crippen LogP contribution in [0, 0.1) is 11.3 Å². The van der Waals surface area contributed by atoms with Gasteiger partial charge in [0.1, 0.15) is 0 Å². The van der Waals surface area contributed by atoms with E-state index in [1.54, 1.807) is 0 Å². The molecule has 18 heavy (non-hydrogen) atoms. The average Bonchev–Trinajstić information content (AvgIpc) is 2.79. The number of rotatable bonds is 7. The number of nitrogens with zero attached hydrogens (tertiary/aromatic N) is 1. The van der Waals surface area contributed by atoms with E-state index in [9.17, 15) is 0 Å². The van der Waals surface area contributed by atoms with Crippen LogP contribution in [0.15, 0.2) is 0 Å². The van der Waals surface area contributed by atoms with Gasteiger partial charge in [-0.15, -0.1) is 0 Å². The molecular weight excluding hydrogens is 224 g/mol. The summed E-state index contributed by atoms with van der Waals surface area (Å²) in [5.74, 6) is 0.746. The SMILES string of the molecule is CN(CCCC(CCN)C(C)(C)C)C1CCOC1. The van der Waals surface area contributed by atoms with Gasteiger partial charge in [-0.25, -0.2) is 0 Å². The van der Waals surface area contributed by atoms with Crippen molar-refractivity contribution in [1.82, 2.24) is 4.90 Å². The molecule has 0 radical (unpaired) electrons. The fraction of sp³-hybridized carbons (Fsp3) is 1.00. The van der Waals surface area contributed by atoms with Gasteiger partial charge in [0.2, 0.25) is 0 Å². The fourth-order valence-corrected chi connectivity index (χ4v) is 2.85. The topological polar surface area (TPSA) is 38.5 Å². The monoisotopic (exact) mass is 256 g/mol. The maximum absolute atomic E-state index is 5.73. The van der Waals surface area contributed by atoms with Gasteiger partial charge >= 0.3 is 0 Å². The molecule has 1 aliphatic rings. The van der Waals surface area contributed by atoms with Crippen LogP contribution in [0.1, 0.15) is 46.5 Å². The van der Waals surface area contributed by atoms with Crippen molar-refractivity contribution in [2.75, 3.05) is 33.4 Å². The van der Waals surface area contributed by atoms with Gasteiger partial charge in [0.05, 0.1) is 6.61 Å². The van der Waals surface area contributed by atoms with Crippen molar-refractivity contribution in [3.05, 3.63) is 0 Å². The van der Waals surface area contributed by atoms with Crippen molar-refractivity contribution >= 4 is 0 Å². The Kier molecular flexibility index (Phi) is 6.61. The van der Waals surface area contributed by atoms with E-state index in [1.807, 2.05) is 0 Å². The summed E-state index contributed by atoms with van der Waals surface area (Å²) >= 11 is 0. The van der Waals surface area contributed by atoms with Crippen molar-refractivity contribution in [2.45, 2.75) is 52.5 Å². The molecule has 2 N–H and O–H groups in total. The number of nitrogens with two attached hydrogens (primary N) is 1. The molecule has 0 aliphatic carbocycles. The van der Waals surface area contributed by atoms with E-state index in [0.29, 0.717) is 11.5 Å². The third-order valence-electron chi connectivity index (χ3n) is 4.33. The van der Waals surface area contributed by atoms with Gasteiger partial charge in [-0.05, 0) is 57.2 Å². The number of hydrogen-bond donors (Lipinski definition) is 1. The van der Waals surface area contributed by atoms with Crippen molar-refractivity contribution in [2.24, 2.45) is 17.1 Å². The minimum atomic E-state index is 0.383. The normalized spacial score (nSPS) is 22.7. The van der Waals surface area contributed by atoms with Crippen molar-refractivity contribution < 1.29 is 4.74 Å². The molecule has 1 fully saturated rings. The lowest BCUT2D eigenvalue weighted by Gasteiger charge is -2.31. The minimum Gasteiger partial charge on any atom is -0.380 e. The molecule has 0 bridgehead atoms. The first kappa shape index (κ1) is 15.9. The van der Waals surface area contributed by atoms with Gasteiger partial charge in [-0.3, -0.25) is 0 Å². The minimum absolute atomic E-state index is 0.383. The maximum Gasteiger partial charge on any atom is 0.0622 e. The smallest absolute Gasteiger partial charge is 0.0622 e. The molecule has 3 nitrogen and oxygen atoms in total. The van der Waals surface area contributed by atoms with Crippen molar-refractivity contribution in [3.63, 3.8) is 0 Å². The van der Waals surface area contributed by atoms with Crippen LogP contribution in [0.5, 0.6) is 0 Å². The molecule has 1 saturated heterocycles. The maximum atomic E-state index is 5.73. The van der Waals surface area contributed by atoms with E-state index in [4.69, 9.17) is 10.5 Å². The van der Waals surface area contributed by atoms with Crippen LogP contribution in [-0.4, -0.2) is 44.3 Å². The van der Waals surface area contributed by atoms with Gasteiger partial charge in [-0.2, -0.15) is 0 Å². The Labute approximate surface area is 113 Å². The molecule has 1 heterocycles. The molecule has 1 aliphatic heterocycles. The first-order chi connectivity index (χ1) is 8.45. The second-order valence-electron chi connectivity index (χ2n) is 6.78. The highest BCUT2D eigenvalue weighted by Crippen LogP contribution is 2.32. The molecule has 3 heteroatoms. The summed E-state index contributed by atoms with van der Waals surface area (Å²) in [7, 11) is 2.23. The van der Waals surface area contributed by atoms with Crippen LogP contribution in [0.4, 0.5) is 0 Å². The molecule has 0 aromatic rings. The molecule has 0 spiro atoms. The number of likely N-dealkylation sites (N-methyl/N-ethyl adjacent to an activating group) is 1. The lowest BCUT2D eigenvalue weighted by molar-refractivity contribution is 0.151. The lowest BCUT2D eigenvalue weighted by atomic mass is 9.76. The molecule has 2 atom stereocenters. The van der Waals surface area contributed by atoms with Crippen LogP contribution in [0.2, 0.25) is 0 Å². The first-order valence-corrected chi connectivity index (χ1v) is 7.43. The van der Waals surface area contributed by atoms with E-state index in [1.165, 1.54) is 25.8 Å². The molecule has 0 amide bonds. The Balaban J connectivity index is 2.25. The highest BCUT2D eigenvalue weighted by atomic mass is 16.5. The van der Waals surface area contributed by atoms with Crippen LogP contribution in [-0.2, 0) is 4.74 Å². The molecular formula is C15H32N2O. The third-order valence-corrected chi connectivity index (χ3v) is 4.33. The summed E-state index contributed by atoms with van der Waals surface area (Å²) in [5.41, 5.74) is 6.11. The predicted octanol–water partition coefficient (Wildman–Crippen LogP) is 2.50. The molecule has 1 rings (SSSR count). The summed E-state index contributed by atoms with van der Waals surface area (Å²) in [4.78, 5) is 2.47. The van der Waals surface area contributed by atoms with Gasteiger partial charge in [-0.1, -0.05) is 20.8 Å². The zero-order valence-corrected chi connectivity index (χ0v) is 12.7. The molecule has 108 valence electrons. The summed E-state index contributed by atoms with van der Waals surface area (Å²) in [5, 5.41) is 0. The van der Waals surface area contributed by atoms with Crippen LogP contribution >= 0.6 is 0 Å². The average molecular weight is 256 g/mol. The van der Waals surface area contributed by atoms with Gasteiger partial charge < -0.3 is 15.4 Å². The van der Waals surface area contributed by atoms with Gasteiger partial charge in [0, 0.05) is 12.6 Å². The van der Waals surface area contributed by atoms with Gasteiger partial charge in [0.25, 0.3) is 0 Å². The Hall–Kier alpha value is -0.120. The second kappa shape index (κ2) is 7.46.